The van der Waals surface area contributed by atoms with Gasteiger partial charge in [-0.2, -0.15) is 0 Å². The number of amides is 1. The number of aromatic nitrogens is 1. The van der Waals surface area contributed by atoms with Crippen molar-refractivity contribution >= 4 is 22.4 Å². The van der Waals surface area contributed by atoms with Crippen LogP contribution in [-0.4, -0.2) is 36.8 Å². The molecule has 0 saturated carbocycles. The first-order valence-electron chi connectivity index (χ1n) is 10.1. The van der Waals surface area contributed by atoms with Gasteiger partial charge in [-0.25, -0.2) is 4.98 Å². The summed E-state index contributed by atoms with van der Waals surface area (Å²) in [4.78, 5) is 17.5. The van der Waals surface area contributed by atoms with E-state index in [4.69, 9.17) is 14.2 Å². The molecule has 5 rings (SSSR count). The second-order valence-electron chi connectivity index (χ2n) is 7.36. The molecule has 0 aliphatic carbocycles. The molecule has 0 unspecified atom stereocenters. The monoisotopic (exact) mass is 422 g/mol. The lowest BCUT2D eigenvalue weighted by Gasteiger charge is -2.14. The number of hydrogen-bond acceptors (Lipinski definition) is 6. The molecule has 6 nitrogen and oxygen atoms in total. The van der Waals surface area contributed by atoms with E-state index in [0.29, 0.717) is 23.1 Å². The maximum absolute atomic E-state index is 12.9. The number of fused-ring (bicyclic) bond motifs is 1. The number of para-hydroxylation sites is 1. The number of carbonyl (C=O) groups is 1. The van der Waals surface area contributed by atoms with Crippen molar-refractivity contribution in [3.05, 3.63) is 59.0 Å². The third-order valence-electron chi connectivity index (χ3n) is 5.29. The third-order valence-corrected chi connectivity index (χ3v) is 6.05. The highest BCUT2D eigenvalue weighted by Crippen LogP contribution is 2.32. The minimum atomic E-state index is -0.235. The van der Waals surface area contributed by atoms with Gasteiger partial charge < -0.3 is 14.2 Å². The molecule has 1 saturated heterocycles. The number of ether oxygens (including phenoxy) is 3. The second-order valence-corrected chi connectivity index (χ2v) is 8.21. The molecule has 1 amide bonds. The molecule has 1 fully saturated rings. The van der Waals surface area contributed by atoms with Crippen LogP contribution in [0.25, 0.3) is 11.3 Å². The minimum Gasteiger partial charge on any atom is -0.493 e. The Morgan fingerprint density at radius 1 is 1.23 bits per heavy atom. The zero-order valence-electron chi connectivity index (χ0n) is 16.4. The summed E-state index contributed by atoms with van der Waals surface area (Å²) in [6, 6.07) is 13.3. The predicted molar refractivity (Wildman–Crippen MR) is 116 cm³/mol. The summed E-state index contributed by atoms with van der Waals surface area (Å²) < 4.78 is 17.0. The van der Waals surface area contributed by atoms with E-state index in [0.717, 1.165) is 49.5 Å². The van der Waals surface area contributed by atoms with Crippen LogP contribution in [0.2, 0.25) is 0 Å². The predicted octanol–water partition coefficient (Wildman–Crippen LogP) is 4.56. The van der Waals surface area contributed by atoms with Gasteiger partial charge in [0.15, 0.2) is 5.13 Å². The van der Waals surface area contributed by atoms with Crippen LogP contribution in [0.4, 0.5) is 5.13 Å². The van der Waals surface area contributed by atoms with E-state index in [1.165, 1.54) is 16.9 Å². The number of nitrogens with one attached hydrogen (secondary N) is 1. The van der Waals surface area contributed by atoms with Gasteiger partial charge in [0, 0.05) is 24.0 Å². The molecule has 0 spiro atoms. The zero-order valence-corrected chi connectivity index (χ0v) is 17.2. The standard InChI is InChI=1S/C23H22N2O4S/c26-22(18-5-1-2-6-21(18)29-13-17-4-3-10-27-17)25-23-24-19(14-30-23)15-7-8-20-16(12-15)9-11-28-20/h1-2,5-8,12,14,17H,3-4,9-11,13H2,(H,24,25,26)/t17-/m1/s1. The Morgan fingerprint density at radius 3 is 3.07 bits per heavy atom. The van der Waals surface area contributed by atoms with Crippen molar-refractivity contribution in [2.75, 3.05) is 25.1 Å². The van der Waals surface area contributed by atoms with E-state index < -0.39 is 0 Å². The quantitative estimate of drug-likeness (QED) is 0.631. The van der Waals surface area contributed by atoms with E-state index >= 15 is 0 Å². The van der Waals surface area contributed by atoms with Crippen molar-refractivity contribution in [2.45, 2.75) is 25.4 Å². The zero-order chi connectivity index (χ0) is 20.3. The Balaban J connectivity index is 1.28. The fourth-order valence-electron chi connectivity index (χ4n) is 3.71. The number of benzene rings is 2. The highest BCUT2D eigenvalue weighted by Gasteiger charge is 2.19. The summed E-state index contributed by atoms with van der Waals surface area (Å²) in [6.07, 6.45) is 3.06. The molecule has 1 aromatic heterocycles. The van der Waals surface area contributed by atoms with E-state index in [1.54, 1.807) is 6.07 Å². The molecule has 2 aliphatic rings. The Hall–Kier alpha value is -2.90. The fraction of sp³-hybridized carbons (Fsp3) is 0.304. The molecule has 30 heavy (non-hydrogen) atoms. The summed E-state index contributed by atoms with van der Waals surface area (Å²) in [5.41, 5.74) is 3.55. The molecule has 154 valence electrons. The molecule has 7 heteroatoms. The number of hydrogen-bond donors (Lipinski definition) is 1. The van der Waals surface area contributed by atoms with Gasteiger partial charge in [-0.15, -0.1) is 11.3 Å². The summed E-state index contributed by atoms with van der Waals surface area (Å²) in [6.45, 7) is 1.96. The molecule has 1 atom stereocenters. The van der Waals surface area contributed by atoms with Crippen molar-refractivity contribution in [3.8, 4) is 22.8 Å². The lowest BCUT2D eigenvalue weighted by Crippen LogP contribution is -2.19. The summed E-state index contributed by atoms with van der Waals surface area (Å²) in [5.74, 6) is 1.27. The first kappa shape index (κ1) is 19.1. The average molecular weight is 423 g/mol. The lowest BCUT2D eigenvalue weighted by atomic mass is 10.1. The van der Waals surface area contributed by atoms with Gasteiger partial charge in [0.25, 0.3) is 5.91 Å². The summed E-state index contributed by atoms with van der Waals surface area (Å²) in [5, 5.41) is 5.41. The number of anilines is 1. The Kier molecular flexibility index (Phi) is 5.38. The van der Waals surface area contributed by atoms with Crippen LogP contribution in [0, 0.1) is 0 Å². The molecule has 0 radical (unpaired) electrons. The molecular weight excluding hydrogens is 400 g/mol. The number of rotatable bonds is 6. The van der Waals surface area contributed by atoms with E-state index in [9.17, 15) is 4.79 Å². The van der Waals surface area contributed by atoms with Gasteiger partial charge in [0.1, 0.15) is 18.1 Å². The molecule has 1 N–H and O–H groups in total. The van der Waals surface area contributed by atoms with Gasteiger partial charge in [-0.05, 0) is 48.7 Å². The van der Waals surface area contributed by atoms with Gasteiger partial charge in [0.05, 0.1) is 24.0 Å². The maximum Gasteiger partial charge on any atom is 0.261 e. The van der Waals surface area contributed by atoms with Crippen molar-refractivity contribution in [3.63, 3.8) is 0 Å². The smallest absolute Gasteiger partial charge is 0.261 e. The summed E-state index contributed by atoms with van der Waals surface area (Å²) >= 11 is 1.41. The SMILES string of the molecule is O=C(Nc1nc(-c2ccc3c(c2)CCO3)cs1)c1ccccc1OC[C@H]1CCCO1. The van der Waals surface area contributed by atoms with E-state index in [1.807, 2.05) is 35.7 Å². The van der Waals surface area contributed by atoms with Crippen LogP contribution in [-0.2, 0) is 11.2 Å². The van der Waals surface area contributed by atoms with Crippen molar-refractivity contribution in [2.24, 2.45) is 0 Å². The molecular formula is C23H22N2O4S. The lowest BCUT2D eigenvalue weighted by molar-refractivity contribution is 0.0673. The second kappa shape index (κ2) is 8.45. The van der Waals surface area contributed by atoms with E-state index in [-0.39, 0.29) is 12.0 Å². The van der Waals surface area contributed by atoms with E-state index in [2.05, 4.69) is 16.4 Å². The molecule has 2 aliphatic heterocycles. The van der Waals surface area contributed by atoms with Crippen molar-refractivity contribution in [1.82, 2.24) is 4.98 Å². The summed E-state index contributed by atoms with van der Waals surface area (Å²) in [7, 11) is 0. The Bertz CT molecular complexity index is 1060. The molecule has 2 aromatic carbocycles. The topological polar surface area (TPSA) is 69.7 Å². The third kappa shape index (κ3) is 4.04. The number of nitrogens with zero attached hydrogens (tertiary/aromatic N) is 1. The van der Waals surface area contributed by atoms with Gasteiger partial charge in [-0.1, -0.05) is 12.1 Å². The first-order chi connectivity index (χ1) is 14.8. The van der Waals surface area contributed by atoms with Crippen molar-refractivity contribution < 1.29 is 19.0 Å². The molecule has 0 bridgehead atoms. The number of thiazole rings is 1. The van der Waals surface area contributed by atoms with Gasteiger partial charge >= 0.3 is 0 Å². The van der Waals surface area contributed by atoms with Crippen LogP contribution in [0.5, 0.6) is 11.5 Å². The van der Waals surface area contributed by atoms with Crippen LogP contribution in [0.15, 0.2) is 47.8 Å². The Morgan fingerprint density at radius 2 is 2.17 bits per heavy atom. The largest absolute Gasteiger partial charge is 0.493 e. The molecule has 3 aromatic rings. The number of carbonyl (C=O) groups excluding carboxylic acids is 1. The molecule has 3 heterocycles. The highest BCUT2D eigenvalue weighted by molar-refractivity contribution is 7.14. The van der Waals surface area contributed by atoms with Crippen LogP contribution < -0.4 is 14.8 Å². The van der Waals surface area contributed by atoms with Crippen LogP contribution in [0.3, 0.4) is 0 Å². The van der Waals surface area contributed by atoms with Gasteiger partial charge in [-0.3, -0.25) is 10.1 Å². The normalized spacial score (nSPS) is 17.4. The van der Waals surface area contributed by atoms with Crippen molar-refractivity contribution in [1.29, 1.82) is 0 Å². The van der Waals surface area contributed by atoms with Crippen LogP contribution >= 0.6 is 11.3 Å². The van der Waals surface area contributed by atoms with Crippen LogP contribution in [0.1, 0.15) is 28.8 Å². The van der Waals surface area contributed by atoms with Gasteiger partial charge in [0.2, 0.25) is 0 Å². The highest BCUT2D eigenvalue weighted by atomic mass is 32.1. The maximum atomic E-state index is 12.9. The minimum absolute atomic E-state index is 0.0976. The average Bonchev–Trinajstić information content (AvgIpc) is 3.53. The Labute approximate surface area is 178 Å². The fourth-order valence-corrected chi connectivity index (χ4v) is 4.43. The first-order valence-corrected chi connectivity index (χ1v) is 11.0.